The highest BCUT2D eigenvalue weighted by atomic mass is 16.3. The zero-order valence-corrected chi connectivity index (χ0v) is 15.8. The van der Waals surface area contributed by atoms with Gasteiger partial charge in [-0.05, 0) is 66.5 Å². The summed E-state index contributed by atoms with van der Waals surface area (Å²) >= 11 is 0. The van der Waals surface area contributed by atoms with Gasteiger partial charge in [-0.15, -0.1) is 0 Å². The van der Waals surface area contributed by atoms with E-state index in [1.165, 1.54) is 0 Å². The Labute approximate surface area is 164 Å². The molecule has 2 aromatic rings. The molecule has 0 amide bonds. The van der Waals surface area contributed by atoms with Crippen molar-refractivity contribution in [1.82, 2.24) is 0 Å². The summed E-state index contributed by atoms with van der Waals surface area (Å²) in [6.07, 6.45) is 3.76. The summed E-state index contributed by atoms with van der Waals surface area (Å²) in [4.78, 5) is 0. The molecule has 6 N–H and O–H groups in total. The van der Waals surface area contributed by atoms with Crippen LogP contribution in [0.5, 0.6) is 11.5 Å². The van der Waals surface area contributed by atoms with Crippen LogP contribution in [0.15, 0.2) is 24.3 Å². The average molecular weight is 388 g/mol. The highest BCUT2D eigenvalue weighted by molar-refractivity contribution is 5.46. The normalized spacial score (nSPS) is 19.7. The van der Waals surface area contributed by atoms with Crippen LogP contribution in [-0.4, -0.2) is 30.6 Å². The van der Waals surface area contributed by atoms with E-state index in [4.69, 9.17) is 0 Å². The molecule has 1 fully saturated rings. The summed E-state index contributed by atoms with van der Waals surface area (Å²) in [5, 5.41) is 58.3. The Morgan fingerprint density at radius 2 is 0.929 bits per heavy atom. The van der Waals surface area contributed by atoms with Gasteiger partial charge in [0.1, 0.15) is 11.5 Å². The number of hydrogen-bond donors (Lipinski definition) is 6. The molecular formula is C22H28O6. The van der Waals surface area contributed by atoms with Gasteiger partial charge in [-0.1, -0.05) is 6.42 Å². The second-order valence-corrected chi connectivity index (χ2v) is 7.57. The van der Waals surface area contributed by atoms with Gasteiger partial charge in [-0.25, -0.2) is 0 Å². The first kappa shape index (κ1) is 20.6. The molecular weight excluding hydrogens is 360 g/mol. The van der Waals surface area contributed by atoms with Crippen LogP contribution in [0.2, 0.25) is 0 Å². The minimum absolute atomic E-state index is 0.0557. The zero-order valence-electron chi connectivity index (χ0n) is 15.8. The second kappa shape index (κ2) is 8.92. The fourth-order valence-corrected chi connectivity index (χ4v) is 4.32. The number of aliphatic hydroxyl groups is 4. The first-order chi connectivity index (χ1) is 13.5. The third kappa shape index (κ3) is 4.00. The second-order valence-electron chi connectivity index (χ2n) is 7.57. The monoisotopic (exact) mass is 388 g/mol. The van der Waals surface area contributed by atoms with Crippen LogP contribution in [-0.2, 0) is 26.4 Å². The van der Waals surface area contributed by atoms with Crippen molar-refractivity contribution in [2.45, 2.75) is 63.9 Å². The molecule has 0 spiro atoms. The highest BCUT2D eigenvalue weighted by Gasteiger charge is 2.27. The maximum Gasteiger partial charge on any atom is 0.126 e. The minimum Gasteiger partial charge on any atom is -0.507 e. The number of aliphatic hydroxyl groups excluding tert-OH is 4. The highest BCUT2D eigenvalue weighted by Crippen LogP contribution is 2.44. The van der Waals surface area contributed by atoms with Crippen molar-refractivity contribution in [3.63, 3.8) is 0 Å². The standard InChI is InChI=1S/C22H28O6/c23-9-17-5-15(6-18(10-24)21(17)27)13-2-1-3-14(4-13)16-7-19(11-25)22(28)20(8-16)12-26/h5-8,13-14,23-28H,1-4,9-12H2. The summed E-state index contributed by atoms with van der Waals surface area (Å²) in [6.45, 7) is -1.16. The minimum atomic E-state index is -0.291. The van der Waals surface area contributed by atoms with Crippen molar-refractivity contribution in [1.29, 1.82) is 0 Å². The molecule has 6 heteroatoms. The molecule has 0 radical (unpaired) electrons. The smallest absolute Gasteiger partial charge is 0.126 e. The lowest BCUT2D eigenvalue weighted by atomic mass is 9.74. The van der Waals surface area contributed by atoms with E-state index in [0.717, 1.165) is 36.8 Å². The van der Waals surface area contributed by atoms with Gasteiger partial charge in [0.25, 0.3) is 0 Å². The molecule has 6 nitrogen and oxygen atoms in total. The number of hydrogen-bond acceptors (Lipinski definition) is 6. The Hall–Kier alpha value is -2.12. The Bertz CT molecular complexity index is 714. The Kier molecular flexibility index (Phi) is 6.57. The number of benzene rings is 2. The van der Waals surface area contributed by atoms with Gasteiger partial charge in [-0.3, -0.25) is 0 Å². The van der Waals surface area contributed by atoms with Crippen LogP contribution in [0.25, 0.3) is 0 Å². The molecule has 0 bridgehead atoms. The van der Waals surface area contributed by atoms with Crippen molar-refractivity contribution < 1.29 is 30.6 Å². The average Bonchev–Trinajstić information content (AvgIpc) is 2.74. The van der Waals surface area contributed by atoms with Gasteiger partial charge in [0, 0.05) is 22.3 Å². The van der Waals surface area contributed by atoms with Crippen LogP contribution in [0.4, 0.5) is 0 Å². The number of phenols is 2. The predicted molar refractivity (Wildman–Crippen MR) is 104 cm³/mol. The summed E-state index contributed by atoms with van der Waals surface area (Å²) < 4.78 is 0. The van der Waals surface area contributed by atoms with Gasteiger partial charge >= 0.3 is 0 Å². The summed E-state index contributed by atoms with van der Waals surface area (Å²) in [5.41, 5.74) is 3.63. The molecule has 152 valence electrons. The number of rotatable bonds is 6. The quantitative estimate of drug-likeness (QED) is 0.452. The Balaban J connectivity index is 1.91. The molecule has 2 aromatic carbocycles. The molecule has 2 unspecified atom stereocenters. The van der Waals surface area contributed by atoms with Crippen LogP contribution in [0.1, 0.15) is 70.9 Å². The lowest BCUT2D eigenvalue weighted by Crippen LogP contribution is -2.14. The van der Waals surface area contributed by atoms with Crippen LogP contribution >= 0.6 is 0 Å². The van der Waals surface area contributed by atoms with E-state index >= 15 is 0 Å². The van der Waals surface area contributed by atoms with Gasteiger partial charge in [-0.2, -0.15) is 0 Å². The molecule has 0 saturated heterocycles. The van der Waals surface area contributed by atoms with Crippen molar-refractivity contribution >= 4 is 0 Å². The third-order valence-corrected chi connectivity index (χ3v) is 5.88. The van der Waals surface area contributed by atoms with Crippen molar-refractivity contribution in [3.05, 3.63) is 57.6 Å². The predicted octanol–water partition coefficient (Wildman–Crippen LogP) is 2.51. The number of aromatic hydroxyl groups is 2. The van der Waals surface area contributed by atoms with Crippen LogP contribution < -0.4 is 0 Å². The van der Waals surface area contributed by atoms with Crippen LogP contribution in [0, 0.1) is 0 Å². The molecule has 1 saturated carbocycles. The molecule has 1 aliphatic rings. The molecule has 2 atom stereocenters. The van der Waals surface area contributed by atoms with Gasteiger partial charge in [0.2, 0.25) is 0 Å². The van der Waals surface area contributed by atoms with E-state index in [1.807, 2.05) is 0 Å². The largest absolute Gasteiger partial charge is 0.507 e. The summed E-state index contributed by atoms with van der Waals surface area (Å²) in [7, 11) is 0. The van der Waals surface area contributed by atoms with E-state index in [9.17, 15) is 30.6 Å². The lowest BCUT2D eigenvalue weighted by molar-refractivity contribution is 0.263. The Morgan fingerprint density at radius 1 is 0.607 bits per heavy atom. The first-order valence-electron chi connectivity index (χ1n) is 9.65. The van der Waals surface area contributed by atoms with Gasteiger partial charge < -0.3 is 30.6 Å². The van der Waals surface area contributed by atoms with Crippen molar-refractivity contribution in [2.75, 3.05) is 0 Å². The molecule has 1 aliphatic carbocycles. The maximum absolute atomic E-state index is 10.1. The third-order valence-electron chi connectivity index (χ3n) is 5.88. The molecule has 0 heterocycles. The van der Waals surface area contributed by atoms with Crippen molar-refractivity contribution in [2.24, 2.45) is 0 Å². The Morgan fingerprint density at radius 3 is 1.21 bits per heavy atom. The maximum atomic E-state index is 10.1. The van der Waals surface area contributed by atoms with E-state index in [1.54, 1.807) is 24.3 Å². The molecule has 28 heavy (non-hydrogen) atoms. The SMILES string of the molecule is OCc1cc(C2CCCC(c3cc(CO)c(O)c(CO)c3)C2)cc(CO)c1O. The fraction of sp³-hybridized carbons (Fsp3) is 0.455. The summed E-state index contributed by atoms with van der Waals surface area (Å²) in [6, 6.07) is 7.21. The van der Waals surface area contributed by atoms with Gasteiger partial charge in [0.15, 0.2) is 0 Å². The van der Waals surface area contributed by atoms with E-state index in [0.29, 0.717) is 22.3 Å². The molecule has 3 rings (SSSR count). The zero-order chi connectivity index (χ0) is 20.3. The topological polar surface area (TPSA) is 121 Å². The van der Waals surface area contributed by atoms with E-state index in [2.05, 4.69) is 0 Å². The van der Waals surface area contributed by atoms with E-state index < -0.39 is 0 Å². The van der Waals surface area contributed by atoms with E-state index in [-0.39, 0.29) is 49.8 Å². The first-order valence-corrected chi connectivity index (χ1v) is 9.65. The molecule has 0 aromatic heterocycles. The fourth-order valence-electron chi connectivity index (χ4n) is 4.32. The van der Waals surface area contributed by atoms with Crippen molar-refractivity contribution in [3.8, 4) is 11.5 Å². The van der Waals surface area contributed by atoms with Gasteiger partial charge in [0.05, 0.1) is 26.4 Å². The summed E-state index contributed by atoms with van der Waals surface area (Å²) in [5.74, 6) is 0.303. The lowest BCUT2D eigenvalue weighted by Gasteiger charge is -2.31. The van der Waals surface area contributed by atoms with Crippen LogP contribution in [0.3, 0.4) is 0 Å². The molecule has 0 aliphatic heterocycles.